The molecule has 3 rings (SSSR count). The maximum Gasteiger partial charge on any atom is 0.286 e. The van der Waals surface area contributed by atoms with Crippen LogP contribution in [-0.4, -0.2) is 42.9 Å². The normalized spacial score (nSPS) is 13.3. The van der Waals surface area contributed by atoms with Gasteiger partial charge in [-0.25, -0.2) is 22.1 Å². The number of allylic oxidation sites excluding steroid dienone is 1. The maximum absolute atomic E-state index is 14.3. The van der Waals surface area contributed by atoms with Gasteiger partial charge in [-0.05, 0) is 42.8 Å². The number of nitrogens with two attached hydrogens (primary N) is 1. The van der Waals surface area contributed by atoms with Gasteiger partial charge < -0.3 is 10.3 Å². The van der Waals surface area contributed by atoms with Crippen LogP contribution in [0.2, 0.25) is 0 Å². The zero-order valence-corrected chi connectivity index (χ0v) is 19.0. The second kappa shape index (κ2) is 8.68. The minimum absolute atomic E-state index is 0.0197. The molecule has 0 aliphatic carbocycles. The van der Waals surface area contributed by atoms with E-state index < -0.39 is 27.5 Å². The molecule has 0 fully saturated rings. The third kappa shape index (κ3) is 4.43. The van der Waals surface area contributed by atoms with Crippen LogP contribution in [0.3, 0.4) is 0 Å². The van der Waals surface area contributed by atoms with Gasteiger partial charge in [-0.2, -0.15) is 8.78 Å². The summed E-state index contributed by atoms with van der Waals surface area (Å²) in [6, 6.07) is 8.84. The van der Waals surface area contributed by atoms with Gasteiger partial charge in [-0.1, -0.05) is 12.1 Å². The molecule has 0 unspecified atom stereocenters. The number of benzene rings is 1. The third-order valence-corrected chi connectivity index (χ3v) is 6.98. The molecule has 0 radical (unpaired) electrons. The van der Waals surface area contributed by atoms with Crippen LogP contribution in [-0.2, 0) is 22.5 Å². The number of fused-ring (bicyclic) bond motifs is 1. The van der Waals surface area contributed by atoms with Gasteiger partial charge in [0.25, 0.3) is 5.92 Å². The molecule has 0 bridgehead atoms. The van der Waals surface area contributed by atoms with Gasteiger partial charge in [0, 0.05) is 38.8 Å². The van der Waals surface area contributed by atoms with Crippen molar-refractivity contribution >= 4 is 21.1 Å². The zero-order valence-electron chi connectivity index (χ0n) is 18.2. The molecule has 2 heterocycles. The van der Waals surface area contributed by atoms with E-state index in [1.807, 2.05) is 0 Å². The van der Waals surface area contributed by atoms with E-state index in [0.717, 1.165) is 11.2 Å². The fourth-order valence-electron chi connectivity index (χ4n) is 3.50. The maximum atomic E-state index is 14.3. The van der Waals surface area contributed by atoms with E-state index in [4.69, 9.17) is 5.73 Å². The molecule has 0 aliphatic rings. The minimum atomic E-state index is -3.72. The summed E-state index contributed by atoms with van der Waals surface area (Å²) >= 11 is 0. The lowest BCUT2D eigenvalue weighted by molar-refractivity contribution is 0.0131. The van der Waals surface area contributed by atoms with Crippen LogP contribution in [0.1, 0.15) is 18.3 Å². The largest absolute Gasteiger partial charge is 0.336 e. The fraction of sp³-hybridized carbons (Fsp3) is 0.318. The molecule has 0 spiro atoms. The number of pyridine rings is 1. The van der Waals surface area contributed by atoms with E-state index in [2.05, 4.69) is 4.98 Å². The summed E-state index contributed by atoms with van der Waals surface area (Å²) in [4.78, 5) is 4.23. The molecule has 0 aliphatic heterocycles. The number of nitrogens with zero attached hydrogens (tertiary/aromatic N) is 3. The van der Waals surface area contributed by atoms with Crippen molar-refractivity contribution in [1.29, 1.82) is 0 Å². The summed E-state index contributed by atoms with van der Waals surface area (Å²) in [6.45, 7) is 2.33. The number of halogens is 3. The lowest BCUT2D eigenvalue weighted by Crippen LogP contribution is -2.22. The Balaban J connectivity index is 2.33. The smallest absolute Gasteiger partial charge is 0.286 e. The molecule has 3 aromatic rings. The third-order valence-electron chi connectivity index (χ3n) is 5.17. The van der Waals surface area contributed by atoms with Crippen LogP contribution in [0.25, 0.3) is 22.2 Å². The second-order valence-electron chi connectivity index (χ2n) is 7.70. The Morgan fingerprint density at radius 2 is 1.94 bits per heavy atom. The number of rotatable bonds is 7. The lowest BCUT2D eigenvalue weighted by atomic mass is 10.0. The monoisotopic (exact) mass is 466 g/mol. The van der Waals surface area contributed by atoms with Gasteiger partial charge >= 0.3 is 0 Å². The first-order valence-electron chi connectivity index (χ1n) is 9.83. The summed E-state index contributed by atoms with van der Waals surface area (Å²) in [5.74, 6) is -3.66. The average molecular weight is 467 g/mol. The molecule has 0 saturated carbocycles. The van der Waals surface area contributed by atoms with Crippen molar-refractivity contribution in [3.8, 4) is 11.1 Å². The van der Waals surface area contributed by atoms with E-state index in [9.17, 15) is 21.6 Å². The number of alkyl halides is 2. The van der Waals surface area contributed by atoms with E-state index >= 15 is 0 Å². The first kappa shape index (κ1) is 24.0. The highest BCUT2D eigenvalue weighted by molar-refractivity contribution is 7.89. The second-order valence-corrected chi connectivity index (χ2v) is 9.85. The molecule has 2 aromatic heterocycles. The summed E-state index contributed by atoms with van der Waals surface area (Å²) in [7, 11) is -0.882. The van der Waals surface area contributed by atoms with E-state index in [1.165, 1.54) is 44.4 Å². The Morgan fingerprint density at radius 1 is 1.25 bits per heavy atom. The van der Waals surface area contributed by atoms with E-state index in [-0.39, 0.29) is 23.5 Å². The summed E-state index contributed by atoms with van der Waals surface area (Å²) in [5.41, 5.74) is 7.15. The highest BCUT2D eigenvalue weighted by Gasteiger charge is 2.28. The van der Waals surface area contributed by atoms with Gasteiger partial charge in [0.05, 0.1) is 22.5 Å². The van der Waals surface area contributed by atoms with Crippen molar-refractivity contribution < 1.29 is 21.6 Å². The van der Waals surface area contributed by atoms with Gasteiger partial charge in [0.2, 0.25) is 10.0 Å². The van der Waals surface area contributed by atoms with Gasteiger partial charge in [0.1, 0.15) is 11.5 Å². The molecule has 6 nitrogen and oxygen atoms in total. The van der Waals surface area contributed by atoms with Crippen molar-refractivity contribution in [2.45, 2.75) is 31.2 Å². The SMILES string of the molecule is Cc1c(-c2cccc(S(=O)(=O)N(C)C)c2)c2nc(C(C)(F)F)ccc2n1CC(F)=CCN. The van der Waals surface area contributed by atoms with Crippen LogP contribution < -0.4 is 5.73 Å². The van der Waals surface area contributed by atoms with Gasteiger partial charge in [0.15, 0.2) is 0 Å². The fourth-order valence-corrected chi connectivity index (χ4v) is 4.45. The van der Waals surface area contributed by atoms with Crippen LogP contribution in [0.5, 0.6) is 0 Å². The summed E-state index contributed by atoms with van der Waals surface area (Å²) in [6.07, 6.45) is 1.23. The van der Waals surface area contributed by atoms with E-state index in [1.54, 1.807) is 23.6 Å². The van der Waals surface area contributed by atoms with Gasteiger partial charge in [-0.15, -0.1) is 0 Å². The standard InChI is InChI=1S/C22H25F3N4O2S/c1-14-20(15-6-5-7-17(12-15)32(30,31)28(3)4)21-18(29(14)13-16(23)10-11-26)8-9-19(27-21)22(2,24)25/h5-10,12H,11,13,26H2,1-4H3. The number of hydrogen-bond donors (Lipinski definition) is 1. The molecule has 0 atom stereocenters. The van der Waals surface area contributed by atoms with Crippen LogP contribution in [0.4, 0.5) is 13.2 Å². The zero-order chi connectivity index (χ0) is 23.8. The van der Waals surface area contributed by atoms with Crippen LogP contribution in [0.15, 0.2) is 53.2 Å². The molecule has 10 heteroatoms. The molecule has 172 valence electrons. The van der Waals surface area contributed by atoms with Crippen molar-refractivity contribution in [1.82, 2.24) is 13.9 Å². The lowest BCUT2D eigenvalue weighted by Gasteiger charge is -2.13. The Morgan fingerprint density at radius 3 is 2.53 bits per heavy atom. The van der Waals surface area contributed by atoms with Gasteiger partial charge in [-0.3, -0.25) is 0 Å². The van der Waals surface area contributed by atoms with Crippen molar-refractivity contribution in [2.24, 2.45) is 5.73 Å². The number of aromatic nitrogens is 2. The summed E-state index contributed by atoms with van der Waals surface area (Å²) < 4.78 is 70.3. The highest BCUT2D eigenvalue weighted by atomic mass is 32.2. The summed E-state index contributed by atoms with van der Waals surface area (Å²) in [5, 5.41) is 0. The molecule has 32 heavy (non-hydrogen) atoms. The Labute approximate surface area is 185 Å². The number of hydrogen-bond acceptors (Lipinski definition) is 4. The van der Waals surface area contributed by atoms with Crippen molar-refractivity contribution in [3.63, 3.8) is 0 Å². The molecule has 2 N–H and O–H groups in total. The Kier molecular flexibility index (Phi) is 6.50. The molecular formula is C22H25F3N4O2S. The number of sulfonamides is 1. The Bertz CT molecular complexity index is 1290. The first-order chi connectivity index (χ1) is 14.9. The molecule has 0 amide bonds. The van der Waals surface area contributed by atoms with Crippen molar-refractivity contribution in [3.05, 3.63) is 59.7 Å². The quantitative estimate of drug-likeness (QED) is 0.566. The predicted octanol–water partition coefficient (Wildman–Crippen LogP) is 4.19. The highest BCUT2D eigenvalue weighted by Crippen LogP contribution is 2.37. The minimum Gasteiger partial charge on any atom is -0.336 e. The van der Waals surface area contributed by atoms with Crippen molar-refractivity contribution in [2.75, 3.05) is 20.6 Å². The average Bonchev–Trinajstić information content (AvgIpc) is 2.98. The van der Waals surface area contributed by atoms with E-state index in [0.29, 0.717) is 22.3 Å². The molecular weight excluding hydrogens is 441 g/mol. The van der Waals surface area contributed by atoms with Crippen LogP contribution >= 0.6 is 0 Å². The topological polar surface area (TPSA) is 81.2 Å². The molecule has 0 saturated heterocycles. The predicted molar refractivity (Wildman–Crippen MR) is 119 cm³/mol. The molecule has 1 aromatic carbocycles. The van der Waals surface area contributed by atoms with Crippen LogP contribution in [0, 0.1) is 6.92 Å². The Hall–Kier alpha value is -2.69. The first-order valence-corrected chi connectivity index (χ1v) is 11.3.